The summed E-state index contributed by atoms with van der Waals surface area (Å²) in [6.07, 6.45) is 4.33. The summed E-state index contributed by atoms with van der Waals surface area (Å²) in [4.78, 5) is 23.0. The first-order chi connectivity index (χ1) is 17.0. The number of thiophene rings is 1. The predicted molar refractivity (Wildman–Crippen MR) is 145 cm³/mol. The molecule has 5 nitrogen and oxygen atoms in total. The molecule has 178 valence electrons. The molecule has 0 spiro atoms. The second kappa shape index (κ2) is 11.1. The molecule has 0 aliphatic carbocycles. The van der Waals surface area contributed by atoms with Gasteiger partial charge < -0.3 is 10.4 Å². The molecule has 2 aromatic carbocycles. The van der Waals surface area contributed by atoms with Crippen molar-refractivity contribution in [2.75, 3.05) is 5.32 Å². The number of nitrogens with zero attached hydrogens (tertiary/aromatic N) is 2. The summed E-state index contributed by atoms with van der Waals surface area (Å²) in [7, 11) is 0. The number of allylic oxidation sites excluding steroid dienone is 1. The molecule has 0 unspecified atom stereocenters. The second-order valence-electron chi connectivity index (χ2n) is 8.27. The van der Waals surface area contributed by atoms with E-state index in [0.29, 0.717) is 12.2 Å². The summed E-state index contributed by atoms with van der Waals surface area (Å²) in [5.41, 5.74) is 6.13. The fourth-order valence-corrected chi connectivity index (χ4v) is 4.88. The number of hydrogen-bond acceptors (Lipinski definition) is 5. The van der Waals surface area contributed by atoms with Gasteiger partial charge in [0.2, 0.25) is 0 Å². The van der Waals surface area contributed by atoms with Gasteiger partial charge in [0.25, 0.3) is 0 Å². The Morgan fingerprint density at radius 2 is 1.63 bits per heavy atom. The Bertz CT molecular complexity index is 1330. The number of aryl methyl sites for hydroxylation is 2. The van der Waals surface area contributed by atoms with Gasteiger partial charge in [0.15, 0.2) is 5.82 Å². The average Bonchev–Trinajstić information content (AvgIpc) is 3.36. The number of aliphatic carboxylic acids is 1. The lowest BCUT2D eigenvalue weighted by Crippen LogP contribution is -2.07. The van der Waals surface area contributed by atoms with Crippen LogP contribution in [-0.2, 0) is 30.5 Å². The number of benzene rings is 2. The first kappa shape index (κ1) is 24.4. The van der Waals surface area contributed by atoms with Crippen LogP contribution in [0.3, 0.4) is 0 Å². The fraction of sp³-hybridized carbons (Fsp3) is 0.207. The van der Waals surface area contributed by atoms with Gasteiger partial charge in [-0.2, -0.15) is 0 Å². The number of rotatable bonds is 10. The normalized spacial score (nSPS) is 10.8. The molecule has 0 saturated heterocycles. The Kier molecular flexibility index (Phi) is 7.73. The zero-order chi connectivity index (χ0) is 24.8. The second-order valence-corrected chi connectivity index (χ2v) is 9.36. The van der Waals surface area contributed by atoms with Crippen LogP contribution in [0.15, 0.2) is 73.3 Å². The maximum absolute atomic E-state index is 11.0. The van der Waals surface area contributed by atoms with E-state index < -0.39 is 5.97 Å². The minimum Gasteiger partial charge on any atom is -0.481 e. The molecule has 0 bridgehead atoms. The predicted octanol–water partition coefficient (Wildman–Crippen LogP) is 7.10. The highest BCUT2D eigenvalue weighted by Gasteiger charge is 2.16. The Labute approximate surface area is 210 Å². The van der Waals surface area contributed by atoms with E-state index in [9.17, 15) is 4.79 Å². The van der Waals surface area contributed by atoms with Gasteiger partial charge in [-0.05, 0) is 60.2 Å². The number of anilines is 2. The van der Waals surface area contributed by atoms with Crippen molar-refractivity contribution >= 4 is 28.8 Å². The van der Waals surface area contributed by atoms with Crippen LogP contribution in [0.1, 0.15) is 36.2 Å². The smallest absolute Gasteiger partial charge is 0.307 e. The summed E-state index contributed by atoms with van der Waals surface area (Å²) < 4.78 is 0. The molecule has 0 saturated carbocycles. The first-order valence-corrected chi connectivity index (χ1v) is 12.6. The summed E-state index contributed by atoms with van der Waals surface area (Å²) in [6.45, 7) is 8.17. The topological polar surface area (TPSA) is 75.1 Å². The monoisotopic (exact) mass is 483 g/mol. The summed E-state index contributed by atoms with van der Waals surface area (Å²) >= 11 is 1.69. The van der Waals surface area contributed by atoms with Gasteiger partial charge in [-0.1, -0.05) is 56.3 Å². The maximum Gasteiger partial charge on any atom is 0.307 e. The summed E-state index contributed by atoms with van der Waals surface area (Å²) in [5, 5.41) is 12.5. The quantitative estimate of drug-likeness (QED) is 0.235. The highest BCUT2D eigenvalue weighted by molar-refractivity contribution is 7.18. The van der Waals surface area contributed by atoms with Crippen LogP contribution in [0, 0.1) is 0 Å². The molecule has 0 amide bonds. The zero-order valence-electron chi connectivity index (χ0n) is 20.0. The first-order valence-electron chi connectivity index (χ1n) is 11.8. The van der Waals surface area contributed by atoms with Gasteiger partial charge in [-0.3, -0.25) is 4.79 Å². The van der Waals surface area contributed by atoms with E-state index in [0.717, 1.165) is 46.0 Å². The van der Waals surface area contributed by atoms with E-state index in [1.165, 1.54) is 16.0 Å². The zero-order valence-corrected chi connectivity index (χ0v) is 20.9. The molecule has 2 N–H and O–H groups in total. The molecule has 0 radical (unpaired) electrons. The van der Waals surface area contributed by atoms with Crippen molar-refractivity contribution in [3.05, 3.63) is 95.7 Å². The standard InChI is InChI=1S/C29H29N3O2S/c1-4-7-23-24(6-3)31-29(26-17-16-25(35-26)21-12-8-19(5-2)9-13-21)32-28(23)30-22-14-10-20(11-15-22)18-27(33)34/h4,8-17H,1,5-7,18H2,2-3H3,(H,33,34)(H,30,31,32). The van der Waals surface area contributed by atoms with Crippen molar-refractivity contribution in [1.29, 1.82) is 0 Å². The Hall–Kier alpha value is -3.77. The van der Waals surface area contributed by atoms with Gasteiger partial charge in [-0.25, -0.2) is 9.97 Å². The van der Waals surface area contributed by atoms with Crippen molar-refractivity contribution in [3.63, 3.8) is 0 Å². The van der Waals surface area contributed by atoms with Crippen LogP contribution in [0.4, 0.5) is 11.5 Å². The third-order valence-electron chi connectivity index (χ3n) is 5.82. The number of hydrogen-bond donors (Lipinski definition) is 2. The molecule has 0 atom stereocenters. The third kappa shape index (κ3) is 5.84. The number of carboxylic acid groups (broad SMARTS) is 1. The van der Waals surface area contributed by atoms with Crippen molar-refractivity contribution in [2.24, 2.45) is 0 Å². The van der Waals surface area contributed by atoms with Gasteiger partial charge in [0.05, 0.1) is 11.3 Å². The molecule has 2 heterocycles. The molecular formula is C29H29N3O2S. The minimum absolute atomic E-state index is 0.00150. The Morgan fingerprint density at radius 1 is 0.943 bits per heavy atom. The molecule has 4 aromatic rings. The maximum atomic E-state index is 11.0. The molecular weight excluding hydrogens is 454 g/mol. The van der Waals surface area contributed by atoms with Gasteiger partial charge in [0, 0.05) is 21.8 Å². The lowest BCUT2D eigenvalue weighted by atomic mass is 10.1. The number of nitrogens with one attached hydrogen (secondary N) is 1. The van der Waals surface area contributed by atoms with Crippen LogP contribution < -0.4 is 5.32 Å². The Balaban J connectivity index is 1.68. The molecule has 6 heteroatoms. The SMILES string of the molecule is C=CCc1c(CC)nc(-c2ccc(-c3ccc(CC)cc3)s2)nc1Nc1ccc(CC(=O)O)cc1. The molecule has 0 aliphatic heterocycles. The van der Waals surface area contributed by atoms with Crippen LogP contribution in [0.2, 0.25) is 0 Å². The van der Waals surface area contributed by atoms with Crippen LogP contribution in [0.25, 0.3) is 21.1 Å². The molecule has 2 aromatic heterocycles. The highest BCUT2D eigenvalue weighted by Crippen LogP contribution is 2.35. The van der Waals surface area contributed by atoms with Crippen LogP contribution in [-0.4, -0.2) is 21.0 Å². The van der Waals surface area contributed by atoms with E-state index in [1.54, 1.807) is 11.3 Å². The lowest BCUT2D eigenvalue weighted by Gasteiger charge is -2.15. The van der Waals surface area contributed by atoms with E-state index in [1.807, 2.05) is 30.3 Å². The average molecular weight is 484 g/mol. The number of aromatic nitrogens is 2. The number of carbonyl (C=O) groups is 1. The van der Waals surface area contributed by atoms with Crippen LogP contribution in [0.5, 0.6) is 0 Å². The van der Waals surface area contributed by atoms with Gasteiger partial charge in [-0.15, -0.1) is 17.9 Å². The van der Waals surface area contributed by atoms with E-state index >= 15 is 0 Å². The highest BCUT2D eigenvalue weighted by atomic mass is 32.1. The summed E-state index contributed by atoms with van der Waals surface area (Å²) in [6, 6.07) is 20.3. The van der Waals surface area contributed by atoms with Crippen LogP contribution >= 0.6 is 11.3 Å². The van der Waals surface area contributed by atoms with Crippen molar-refractivity contribution in [2.45, 2.75) is 39.5 Å². The minimum atomic E-state index is -0.844. The van der Waals surface area contributed by atoms with E-state index in [4.69, 9.17) is 15.1 Å². The van der Waals surface area contributed by atoms with Crippen molar-refractivity contribution in [1.82, 2.24) is 9.97 Å². The largest absolute Gasteiger partial charge is 0.481 e. The molecule has 0 fully saturated rings. The molecule has 4 rings (SSSR count). The van der Waals surface area contributed by atoms with E-state index in [2.05, 4.69) is 62.1 Å². The van der Waals surface area contributed by atoms with E-state index in [-0.39, 0.29) is 6.42 Å². The Morgan fingerprint density at radius 3 is 2.26 bits per heavy atom. The van der Waals surface area contributed by atoms with Crippen molar-refractivity contribution < 1.29 is 9.90 Å². The summed E-state index contributed by atoms with van der Waals surface area (Å²) in [5.74, 6) is 0.602. The van der Waals surface area contributed by atoms with Gasteiger partial charge >= 0.3 is 5.97 Å². The number of carboxylic acids is 1. The molecule has 35 heavy (non-hydrogen) atoms. The van der Waals surface area contributed by atoms with Crippen molar-refractivity contribution in [3.8, 4) is 21.1 Å². The third-order valence-corrected chi connectivity index (χ3v) is 6.95. The van der Waals surface area contributed by atoms with Gasteiger partial charge in [0.1, 0.15) is 5.82 Å². The lowest BCUT2D eigenvalue weighted by molar-refractivity contribution is -0.136. The fourth-order valence-electron chi connectivity index (χ4n) is 3.93. The molecule has 0 aliphatic rings.